The first-order chi connectivity index (χ1) is 12.1. The molecule has 0 radical (unpaired) electrons. The van der Waals surface area contributed by atoms with Crippen LogP contribution in [0.2, 0.25) is 0 Å². The third-order valence-corrected chi connectivity index (χ3v) is 3.68. The molecule has 8 nitrogen and oxygen atoms in total. The van der Waals surface area contributed by atoms with Gasteiger partial charge in [0.05, 0.1) is 19.9 Å². The maximum atomic E-state index is 12.4. The summed E-state index contributed by atoms with van der Waals surface area (Å²) in [4.78, 5) is 28.1. The second kappa shape index (κ2) is 7.00. The quantitative estimate of drug-likeness (QED) is 0.756. The standard InChI is InChI=1S/C17H17N5O3/c1-21-9-16(25-2)15(23)7-14(21)17(24)20-13-5-3-12(4-6-13)8-22-11-18-10-19-22/h3-7,9-11H,8H2,1-2H3,(H,20,24). The van der Waals surface area contributed by atoms with Crippen molar-refractivity contribution in [1.29, 1.82) is 0 Å². The van der Waals surface area contributed by atoms with Crippen molar-refractivity contribution in [3.05, 3.63) is 70.7 Å². The molecule has 0 aliphatic carbocycles. The van der Waals surface area contributed by atoms with E-state index in [0.717, 1.165) is 5.56 Å². The van der Waals surface area contributed by atoms with Gasteiger partial charge in [0.2, 0.25) is 5.43 Å². The molecule has 0 saturated heterocycles. The van der Waals surface area contributed by atoms with Crippen LogP contribution in [-0.4, -0.2) is 32.3 Å². The van der Waals surface area contributed by atoms with Crippen molar-refractivity contribution >= 4 is 11.6 Å². The number of nitrogens with zero attached hydrogens (tertiary/aromatic N) is 4. The number of ether oxygens (including phenoxy) is 1. The number of carbonyl (C=O) groups excluding carboxylic acids is 1. The summed E-state index contributed by atoms with van der Waals surface area (Å²) in [5, 5.41) is 6.82. The molecule has 3 aromatic rings. The third kappa shape index (κ3) is 3.74. The van der Waals surface area contributed by atoms with E-state index < -0.39 is 0 Å². The van der Waals surface area contributed by atoms with Crippen LogP contribution in [-0.2, 0) is 13.6 Å². The van der Waals surface area contributed by atoms with Crippen LogP contribution < -0.4 is 15.5 Å². The molecule has 0 aliphatic rings. The molecule has 3 rings (SSSR count). The highest BCUT2D eigenvalue weighted by molar-refractivity contribution is 6.03. The highest BCUT2D eigenvalue weighted by atomic mass is 16.5. The van der Waals surface area contributed by atoms with Crippen molar-refractivity contribution < 1.29 is 9.53 Å². The number of pyridine rings is 1. The topological polar surface area (TPSA) is 91.0 Å². The van der Waals surface area contributed by atoms with E-state index in [2.05, 4.69) is 15.4 Å². The predicted octanol–water partition coefficient (Wildman–Crippen LogP) is 1.29. The van der Waals surface area contributed by atoms with Crippen molar-refractivity contribution in [2.75, 3.05) is 12.4 Å². The minimum Gasteiger partial charge on any atom is -0.491 e. The number of nitrogens with one attached hydrogen (secondary N) is 1. The van der Waals surface area contributed by atoms with Gasteiger partial charge in [0, 0.05) is 18.8 Å². The normalized spacial score (nSPS) is 10.5. The zero-order chi connectivity index (χ0) is 17.8. The first-order valence-electron chi connectivity index (χ1n) is 7.54. The lowest BCUT2D eigenvalue weighted by atomic mass is 10.2. The number of aryl methyl sites for hydroxylation is 1. The molecule has 0 aliphatic heterocycles. The van der Waals surface area contributed by atoms with Gasteiger partial charge in [0.25, 0.3) is 5.91 Å². The minimum atomic E-state index is -0.369. The summed E-state index contributed by atoms with van der Waals surface area (Å²) < 4.78 is 8.22. The van der Waals surface area contributed by atoms with Crippen molar-refractivity contribution in [2.45, 2.75) is 6.54 Å². The summed E-state index contributed by atoms with van der Waals surface area (Å²) in [5.41, 5.74) is 1.57. The van der Waals surface area contributed by atoms with Crippen molar-refractivity contribution in [1.82, 2.24) is 19.3 Å². The van der Waals surface area contributed by atoms with Crippen LogP contribution in [0, 0.1) is 0 Å². The second-order valence-corrected chi connectivity index (χ2v) is 5.45. The number of benzene rings is 1. The number of methoxy groups -OCH3 is 1. The lowest BCUT2D eigenvalue weighted by Gasteiger charge is -2.11. The van der Waals surface area contributed by atoms with E-state index in [1.54, 1.807) is 34.8 Å². The number of carbonyl (C=O) groups is 1. The summed E-state index contributed by atoms with van der Waals surface area (Å²) in [7, 11) is 3.09. The third-order valence-electron chi connectivity index (χ3n) is 3.68. The van der Waals surface area contributed by atoms with E-state index in [4.69, 9.17) is 4.74 Å². The lowest BCUT2D eigenvalue weighted by Crippen LogP contribution is -2.21. The first-order valence-corrected chi connectivity index (χ1v) is 7.54. The minimum absolute atomic E-state index is 0.191. The largest absolute Gasteiger partial charge is 0.491 e. The van der Waals surface area contributed by atoms with E-state index in [-0.39, 0.29) is 22.8 Å². The number of hydrogen-bond acceptors (Lipinski definition) is 5. The molecule has 0 spiro atoms. The van der Waals surface area contributed by atoms with Crippen LogP contribution in [0.15, 0.2) is 54.0 Å². The molecule has 128 valence electrons. The average molecular weight is 339 g/mol. The summed E-state index contributed by atoms with van der Waals surface area (Å²) >= 11 is 0. The summed E-state index contributed by atoms with van der Waals surface area (Å²) in [6.45, 7) is 0.598. The maximum absolute atomic E-state index is 12.4. The highest BCUT2D eigenvalue weighted by Crippen LogP contribution is 2.12. The van der Waals surface area contributed by atoms with Gasteiger partial charge < -0.3 is 14.6 Å². The van der Waals surface area contributed by atoms with E-state index in [9.17, 15) is 9.59 Å². The van der Waals surface area contributed by atoms with Gasteiger partial charge in [-0.3, -0.25) is 9.59 Å². The van der Waals surface area contributed by atoms with E-state index in [0.29, 0.717) is 12.2 Å². The molecule has 0 unspecified atom stereocenters. The van der Waals surface area contributed by atoms with Crippen LogP contribution in [0.5, 0.6) is 5.75 Å². The Morgan fingerprint density at radius 2 is 2.04 bits per heavy atom. The number of rotatable bonds is 5. The van der Waals surface area contributed by atoms with E-state index >= 15 is 0 Å². The van der Waals surface area contributed by atoms with Gasteiger partial charge in [0.15, 0.2) is 5.75 Å². The Morgan fingerprint density at radius 3 is 2.68 bits per heavy atom. The number of anilines is 1. The Balaban J connectivity index is 1.73. The van der Waals surface area contributed by atoms with Crippen molar-refractivity contribution in [3.63, 3.8) is 0 Å². The van der Waals surface area contributed by atoms with Crippen LogP contribution in [0.4, 0.5) is 5.69 Å². The molecule has 2 aromatic heterocycles. The maximum Gasteiger partial charge on any atom is 0.272 e. The fraction of sp³-hybridized carbons (Fsp3) is 0.176. The lowest BCUT2D eigenvalue weighted by molar-refractivity contribution is 0.101. The molecular weight excluding hydrogens is 322 g/mol. The van der Waals surface area contributed by atoms with Crippen molar-refractivity contribution in [3.8, 4) is 5.75 Å². The van der Waals surface area contributed by atoms with Gasteiger partial charge in [-0.15, -0.1) is 0 Å². The van der Waals surface area contributed by atoms with Gasteiger partial charge in [-0.1, -0.05) is 12.1 Å². The Bertz CT molecular complexity index is 930. The SMILES string of the molecule is COc1cn(C)c(C(=O)Nc2ccc(Cn3cncn3)cc2)cc1=O. The highest BCUT2D eigenvalue weighted by Gasteiger charge is 2.12. The van der Waals surface area contributed by atoms with E-state index in [1.807, 2.05) is 12.1 Å². The van der Waals surface area contributed by atoms with Crippen LogP contribution in [0.3, 0.4) is 0 Å². The Labute approximate surface area is 143 Å². The molecule has 25 heavy (non-hydrogen) atoms. The Morgan fingerprint density at radius 1 is 1.28 bits per heavy atom. The molecule has 0 fully saturated rings. The Kier molecular flexibility index (Phi) is 4.60. The number of amides is 1. The number of aromatic nitrogens is 4. The summed E-state index contributed by atoms with van der Waals surface area (Å²) in [6, 6.07) is 8.64. The van der Waals surface area contributed by atoms with Gasteiger partial charge in [0.1, 0.15) is 18.3 Å². The zero-order valence-electron chi connectivity index (χ0n) is 13.8. The molecular formula is C17H17N5O3. The van der Waals surface area contributed by atoms with Gasteiger partial charge >= 0.3 is 0 Å². The van der Waals surface area contributed by atoms with Gasteiger partial charge in [-0.2, -0.15) is 5.10 Å². The molecule has 0 bridgehead atoms. The van der Waals surface area contributed by atoms with Crippen LogP contribution >= 0.6 is 0 Å². The molecule has 0 atom stereocenters. The Hall–Kier alpha value is -3.42. The van der Waals surface area contributed by atoms with Gasteiger partial charge in [-0.25, -0.2) is 9.67 Å². The predicted molar refractivity (Wildman–Crippen MR) is 91.8 cm³/mol. The van der Waals surface area contributed by atoms with Crippen LogP contribution in [0.1, 0.15) is 16.1 Å². The van der Waals surface area contributed by atoms with Crippen LogP contribution in [0.25, 0.3) is 0 Å². The fourth-order valence-corrected chi connectivity index (χ4v) is 2.38. The van der Waals surface area contributed by atoms with E-state index in [1.165, 1.54) is 25.7 Å². The molecule has 8 heteroatoms. The molecule has 1 aromatic carbocycles. The molecule has 2 heterocycles. The smallest absolute Gasteiger partial charge is 0.272 e. The monoisotopic (exact) mass is 339 g/mol. The molecule has 0 saturated carbocycles. The van der Waals surface area contributed by atoms with Gasteiger partial charge in [-0.05, 0) is 17.7 Å². The second-order valence-electron chi connectivity index (χ2n) is 5.45. The number of hydrogen-bond donors (Lipinski definition) is 1. The summed E-state index contributed by atoms with van der Waals surface area (Å²) in [6.07, 6.45) is 4.60. The first kappa shape index (κ1) is 16.4. The zero-order valence-corrected chi connectivity index (χ0v) is 13.8. The average Bonchev–Trinajstić information content (AvgIpc) is 3.11. The molecule has 1 N–H and O–H groups in total. The molecule has 1 amide bonds. The van der Waals surface area contributed by atoms with Crippen molar-refractivity contribution in [2.24, 2.45) is 7.05 Å². The fourth-order valence-electron chi connectivity index (χ4n) is 2.38. The summed E-state index contributed by atoms with van der Waals surface area (Å²) in [5.74, 6) is -0.178.